The number of nitrogens with one attached hydrogen (secondary N) is 1. The molecular weight excluding hydrogens is 282 g/mol. The van der Waals surface area contributed by atoms with Crippen LogP contribution in [-0.4, -0.2) is 29.5 Å². The second-order valence-corrected chi connectivity index (χ2v) is 6.58. The Balaban J connectivity index is 1.89. The van der Waals surface area contributed by atoms with Crippen LogP contribution in [0, 0.1) is 0 Å². The van der Waals surface area contributed by atoms with Gasteiger partial charge in [-0.25, -0.2) is 0 Å². The van der Waals surface area contributed by atoms with Gasteiger partial charge >= 0.3 is 0 Å². The number of hydrogen-bond acceptors (Lipinski definition) is 3. The van der Waals surface area contributed by atoms with E-state index in [0.29, 0.717) is 6.04 Å². The molecule has 2 aliphatic rings. The molecule has 4 heteroatoms. The van der Waals surface area contributed by atoms with Crippen LogP contribution in [0.1, 0.15) is 30.5 Å². The van der Waals surface area contributed by atoms with Gasteiger partial charge in [-0.3, -0.25) is 9.88 Å². The van der Waals surface area contributed by atoms with E-state index >= 15 is 0 Å². The number of fused-ring (bicyclic) bond motifs is 3. The molecule has 0 saturated carbocycles. The van der Waals surface area contributed by atoms with E-state index in [1.165, 1.54) is 42.8 Å². The molecule has 1 fully saturated rings. The molecular formula is C17H20ClN3. The lowest BCUT2D eigenvalue weighted by Crippen LogP contribution is -2.44. The third kappa shape index (κ3) is 2.19. The summed E-state index contributed by atoms with van der Waals surface area (Å²) in [6.45, 7) is 2.24. The summed E-state index contributed by atoms with van der Waals surface area (Å²) >= 11 is 6.18. The second-order valence-electron chi connectivity index (χ2n) is 6.15. The maximum absolute atomic E-state index is 6.18. The molecule has 2 aliphatic heterocycles. The maximum atomic E-state index is 6.18. The van der Waals surface area contributed by atoms with Crippen LogP contribution in [0.4, 0.5) is 5.69 Å². The van der Waals surface area contributed by atoms with Gasteiger partial charge in [-0.1, -0.05) is 18.0 Å². The van der Waals surface area contributed by atoms with Gasteiger partial charge in [-0.2, -0.15) is 0 Å². The van der Waals surface area contributed by atoms with Crippen molar-refractivity contribution < 1.29 is 0 Å². The molecule has 0 amide bonds. The summed E-state index contributed by atoms with van der Waals surface area (Å²) in [5, 5.41) is 5.30. The molecule has 0 aliphatic carbocycles. The number of benzene rings is 1. The highest BCUT2D eigenvalue weighted by Crippen LogP contribution is 2.36. The van der Waals surface area contributed by atoms with Crippen molar-refractivity contribution in [2.75, 3.05) is 18.9 Å². The number of hydrogen-bond donors (Lipinski definition) is 1. The van der Waals surface area contributed by atoms with Crippen LogP contribution in [0.5, 0.6) is 0 Å². The van der Waals surface area contributed by atoms with Crippen molar-refractivity contribution in [2.45, 2.75) is 38.3 Å². The first kappa shape index (κ1) is 13.4. The van der Waals surface area contributed by atoms with Crippen molar-refractivity contribution in [1.82, 2.24) is 9.88 Å². The Hall–Kier alpha value is -1.32. The van der Waals surface area contributed by atoms with Crippen LogP contribution in [0.25, 0.3) is 10.9 Å². The molecule has 1 aromatic carbocycles. The molecule has 3 nitrogen and oxygen atoms in total. The Labute approximate surface area is 130 Å². The Morgan fingerprint density at radius 3 is 3.10 bits per heavy atom. The first-order valence-corrected chi connectivity index (χ1v) is 8.17. The first-order valence-electron chi connectivity index (χ1n) is 7.79. The van der Waals surface area contributed by atoms with Crippen molar-refractivity contribution in [3.63, 3.8) is 0 Å². The van der Waals surface area contributed by atoms with Crippen LogP contribution < -0.4 is 5.32 Å². The van der Waals surface area contributed by atoms with Crippen LogP contribution in [0.2, 0.25) is 5.02 Å². The molecule has 0 bridgehead atoms. The van der Waals surface area contributed by atoms with Crippen LogP contribution in [0.15, 0.2) is 18.2 Å². The molecule has 1 N–H and O–H groups in total. The van der Waals surface area contributed by atoms with Gasteiger partial charge in [0, 0.05) is 53.4 Å². The molecule has 1 saturated heterocycles. The van der Waals surface area contributed by atoms with Gasteiger partial charge in [0.15, 0.2) is 0 Å². The van der Waals surface area contributed by atoms with E-state index < -0.39 is 0 Å². The average molecular weight is 302 g/mol. The van der Waals surface area contributed by atoms with Gasteiger partial charge in [-0.05, 0) is 37.6 Å². The van der Waals surface area contributed by atoms with E-state index in [4.69, 9.17) is 16.6 Å². The zero-order valence-corrected chi connectivity index (χ0v) is 13.1. The van der Waals surface area contributed by atoms with Crippen molar-refractivity contribution in [1.29, 1.82) is 0 Å². The zero-order valence-electron chi connectivity index (χ0n) is 12.3. The SMILES string of the molecule is CNc1c2c(nc3ccc(Cl)cc13)CC1CCCCN1C2. The third-order valence-corrected chi connectivity index (χ3v) is 5.16. The first-order chi connectivity index (χ1) is 10.3. The van der Waals surface area contributed by atoms with E-state index in [2.05, 4.69) is 10.2 Å². The lowest BCUT2D eigenvalue weighted by atomic mass is 9.90. The number of aromatic nitrogens is 1. The molecule has 0 spiro atoms. The fraction of sp³-hybridized carbons (Fsp3) is 0.471. The molecule has 0 radical (unpaired) electrons. The molecule has 3 heterocycles. The minimum Gasteiger partial charge on any atom is -0.387 e. The summed E-state index contributed by atoms with van der Waals surface area (Å²) in [7, 11) is 2.00. The van der Waals surface area contributed by atoms with Crippen LogP contribution >= 0.6 is 11.6 Å². The number of anilines is 1. The average Bonchev–Trinajstić information content (AvgIpc) is 2.51. The summed E-state index contributed by atoms with van der Waals surface area (Å²) in [5.41, 5.74) is 4.90. The van der Waals surface area contributed by atoms with Crippen molar-refractivity contribution in [3.05, 3.63) is 34.5 Å². The van der Waals surface area contributed by atoms with Gasteiger partial charge in [0.05, 0.1) is 5.52 Å². The standard InChI is InChI=1S/C17H20ClN3/c1-19-17-13-8-11(18)5-6-15(13)20-16-9-12-4-2-3-7-21(12)10-14(16)17/h5-6,8,12H,2-4,7,9-10H2,1H3,(H,19,20). The highest BCUT2D eigenvalue weighted by atomic mass is 35.5. The van der Waals surface area contributed by atoms with Crippen LogP contribution in [-0.2, 0) is 13.0 Å². The largest absolute Gasteiger partial charge is 0.387 e. The highest BCUT2D eigenvalue weighted by molar-refractivity contribution is 6.31. The molecule has 1 unspecified atom stereocenters. The zero-order chi connectivity index (χ0) is 14.4. The summed E-state index contributed by atoms with van der Waals surface area (Å²) in [6.07, 6.45) is 5.09. The van der Waals surface area contributed by atoms with Gasteiger partial charge in [0.25, 0.3) is 0 Å². The van der Waals surface area contributed by atoms with Gasteiger partial charge in [0.1, 0.15) is 0 Å². The Morgan fingerprint density at radius 1 is 1.33 bits per heavy atom. The number of pyridine rings is 1. The predicted octanol–water partition coefficient (Wildman–Crippen LogP) is 3.84. The molecule has 4 rings (SSSR count). The Bertz CT molecular complexity index is 698. The van der Waals surface area contributed by atoms with Crippen LogP contribution in [0.3, 0.4) is 0 Å². The number of halogens is 1. The van der Waals surface area contributed by atoms with E-state index in [1.54, 1.807) is 0 Å². The quantitative estimate of drug-likeness (QED) is 0.867. The third-order valence-electron chi connectivity index (χ3n) is 4.92. The summed E-state index contributed by atoms with van der Waals surface area (Å²) in [6, 6.07) is 6.68. The minimum absolute atomic E-state index is 0.688. The minimum atomic E-state index is 0.688. The molecule has 110 valence electrons. The molecule has 2 aromatic rings. The van der Waals surface area contributed by atoms with Gasteiger partial charge in [-0.15, -0.1) is 0 Å². The fourth-order valence-corrected chi connectivity index (χ4v) is 4.05. The fourth-order valence-electron chi connectivity index (χ4n) is 3.88. The van der Waals surface area contributed by atoms with Crippen molar-refractivity contribution in [2.24, 2.45) is 0 Å². The number of nitrogens with zero attached hydrogens (tertiary/aromatic N) is 2. The normalized spacial score (nSPS) is 21.9. The predicted molar refractivity (Wildman–Crippen MR) is 88.1 cm³/mol. The van der Waals surface area contributed by atoms with E-state index in [-0.39, 0.29) is 0 Å². The summed E-state index contributed by atoms with van der Waals surface area (Å²) < 4.78 is 0. The Kier molecular flexibility index (Phi) is 3.27. The van der Waals surface area contributed by atoms with E-state index in [9.17, 15) is 0 Å². The summed E-state index contributed by atoms with van der Waals surface area (Å²) in [4.78, 5) is 7.56. The molecule has 1 aromatic heterocycles. The monoisotopic (exact) mass is 301 g/mol. The second kappa shape index (κ2) is 5.15. The maximum Gasteiger partial charge on any atom is 0.0727 e. The highest BCUT2D eigenvalue weighted by Gasteiger charge is 2.31. The molecule has 1 atom stereocenters. The lowest BCUT2D eigenvalue weighted by Gasteiger charge is -2.40. The van der Waals surface area contributed by atoms with Gasteiger partial charge in [0.2, 0.25) is 0 Å². The smallest absolute Gasteiger partial charge is 0.0727 e. The lowest BCUT2D eigenvalue weighted by molar-refractivity contribution is 0.126. The van der Waals surface area contributed by atoms with Gasteiger partial charge < -0.3 is 5.32 Å². The molecule has 21 heavy (non-hydrogen) atoms. The van der Waals surface area contributed by atoms with Crippen molar-refractivity contribution in [3.8, 4) is 0 Å². The topological polar surface area (TPSA) is 28.2 Å². The van der Waals surface area contributed by atoms with E-state index in [0.717, 1.165) is 28.9 Å². The van der Waals surface area contributed by atoms with Crippen molar-refractivity contribution >= 4 is 28.2 Å². The number of rotatable bonds is 1. The Morgan fingerprint density at radius 2 is 2.24 bits per heavy atom. The number of piperidine rings is 1. The van der Waals surface area contributed by atoms with E-state index in [1.807, 2.05) is 25.2 Å². The summed E-state index contributed by atoms with van der Waals surface area (Å²) in [5.74, 6) is 0.